The third kappa shape index (κ3) is 6.52. The van der Waals surface area contributed by atoms with Crippen molar-refractivity contribution in [3.05, 3.63) is 47.0 Å². The summed E-state index contributed by atoms with van der Waals surface area (Å²) in [6.07, 6.45) is 10.4. The van der Waals surface area contributed by atoms with E-state index in [1.165, 1.54) is 0 Å². The van der Waals surface area contributed by atoms with E-state index in [4.69, 9.17) is 0 Å². The minimum absolute atomic E-state index is 0.177. The molecular weight excluding hydrogens is 500 g/mol. The number of aliphatic hydroxyl groups excluding tert-OH is 2. The molecule has 0 atom stereocenters. The lowest BCUT2D eigenvalue weighted by molar-refractivity contribution is -0.128. The van der Waals surface area contributed by atoms with Crippen LogP contribution in [0, 0.1) is 32.5 Å². The molecule has 0 aromatic rings. The minimum atomic E-state index is -0.438. The van der Waals surface area contributed by atoms with Crippen LogP contribution in [0.1, 0.15) is 122 Å². The van der Waals surface area contributed by atoms with Crippen molar-refractivity contribution in [2.24, 2.45) is 32.5 Å². The van der Waals surface area contributed by atoms with E-state index in [0.29, 0.717) is 37.2 Å². The number of carbonyl (C=O) groups excluding carboxylic acids is 2. The molecule has 0 aromatic carbocycles. The molecule has 226 valence electrons. The van der Waals surface area contributed by atoms with Crippen molar-refractivity contribution in [3.8, 4) is 0 Å². The Morgan fingerprint density at radius 2 is 0.875 bits per heavy atom. The maximum Gasteiger partial charge on any atom is 0.238 e. The predicted molar refractivity (Wildman–Crippen MR) is 164 cm³/mol. The van der Waals surface area contributed by atoms with Gasteiger partial charge in [0.25, 0.3) is 0 Å². The van der Waals surface area contributed by atoms with Gasteiger partial charge in [0.05, 0.1) is 11.5 Å². The van der Waals surface area contributed by atoms with Crippen molar-refractivity contribution in [3.63, 3.8) is 0 Å². The van der Waals surface area contributed by atoms with E-state index in [-0.39, 0.29) is 46.3 Å². The van der Waals surface area contributed by atoms with Gasteiger partial charge in [0, 0.05) is 23.7 Å². The molecule has 0 fully saturated rings. The summed E-state index contributed by atoms with van der Waals surface area (Å²) in [5.41, 5.74) is 5.79. The highest BCUT2D eigenvalue weighted by atomic mass is 16.3. The molecular formula is C34H56N2O4. The second kappa shape index (κ2) is 11.4. The molecule has 0 aliphatic heterocycles. The first-order valence-electron chi connectivity index (χ1n) is 14.8. The van der Waals surface area contributed by atoms with Crippen LogP contribution >= 0.6 is 0 Å². The molecule has 0 saturated carbocycles. The van der Waals surface area contributed by atoms with Crippen LogP contribution in [0.3, 0.4) is 0 Å². The topological polar surface area (TPSA) is 98.7 Å². The minimum Gasteiger partial charge on any atom is -0.512 e. The van der Waals surface area contributed by atoms with Crippen molar-refractivity contribution < 1.29 is 19.8 Å². The van der Waals surface area contributed by atoms with E-state index >= 15 is 0 Å². The average Bonchev–Trinajstić information content (AvgIpc) is 2.78. The second-order valence-electron chi connectivity index (χ2n) is 16.0. The number of carbonyl (C=O) groups is 2. The Bertz CT molecular complexity index is 977. The Hall–Kier alpha value is -2.50. The summed E-state index contributed by atoms with van der Waals surface area (Å²) in [7, 11) is 0. The molecule has 0 spiro atoms. The third-order valence-electron chi connectivity index (χ3n) is 9.62. The normalized spacial score (nSPS) is 19.6. The van der Waals surface area contributed by atoms with Crippen molar-refractivity contribution >= 4 is 11.8 Å². The van der Waals surface area contributed by atoms with Gasteiger partial charge in [-0.15, -0.1) is 0 Å². The average molecular weight is 557 g/mol. The first-order valence-corrected chi connectivity index (χ1v) is 14.8. The number of rotatable bonds is 6. The SMILES string of the molecule is CC(C)(C)C1(C(C)(C)C)CC(CCC(=O)NNC(=O)CCC2=CC=C(O)C(C(C)(C)C)(C(C)(C)C)C2)=CC=C1O. The van der Waals surface area contributed by atoms with Gasteiger partial charge in [0.2, 0.25) is 11.8 Å². The van der Waals surface area contributed by atoms with Gasteiger partial charge in [-0.2, -0.15) is 0 Å². The first kappa shape index (κ1) is 33.7. The standard InChI is InChI=1S/C34H56N2O4/c1-29(2,3)33(30(4,5)6)21-23(13-17-25(33)37)15-19-27(39)35-36-28(40)20-16-24-14-18-26(38)34(22-24,31(7,8)9)32(10,11)12/h13-14,17-18,37-38H,15-16,19-22H2,1-12H3,(H,35,39)(H,36,40). The molecule has 0 unspecified atom stereocenters. The van der Waals surface area contributed by atoms with Crippen molar-refractivity contribution in [2.45, 2.75) is 122 Å². The molecule has 0 heterocycles. The van der Waals surface area contributed by atoms with Crippen molar-refractivity contribution in [1.82, 2.24) is 10.9 Å². The summed E-state index contributed by atoms with van der Waals surface area (Å²) in [4.78, 5) is 25.2. The van der Waals surface area contributed by atoms with Crippen LogP contribution in [0.5, 0.6) is 0 Å². The summed E-state index contributed by atoms with van der Waals surface area (Å²) in [5, 5.41) is 21.9. The summed E-state index contributed by atoms with van der Waals surface area (Å²) in [6, 6.07) is 0. The molecule has 2 aliphatic carbocycles. The van der Waals surface area contributed by atoms with Crippen LogP contribution in [0.2, 0.25) is 0 Å². The Morgan fingerprint density at radius 3 is 1.12 bits per heavy atom. The summed E-state index contributed by atoms with van der Waals surface area (Å²) < 4.78 is 0. The number of hydrazine groups is 1. The van der Waals surface area contributed by atoms with E-state index in [1.807, 2.05) is 12.2 Å². The van der Waals surface area contributed by atoms with Gasteiger partial charge in [-0.05, 0) is 59.5 Å². The molecule has 2 rings (SSSR count). The molecule has 6 heteroatoms. The van der Waals surface area contributed by atoms with Gasteiger partial charge in [0.1, 0.15) is 0 Å². The van der Waals surface area contributed by atoms with Gasteiger partial charge in [-0.1, -0.05) is 106 Å². The van der Waals surface area contributed by atoms with Gasteiger partial charge >= 0.3 is 0 Å². The Balaban J connectivity index is 1.93. The first-order chi connectivity index (χ1) is 18.0. The smallest absolute Gasteiger partial charge is 0.238 e. The summed E-state index contributed by atoms with van der Waals surface area (Å²) >= 11 is 0. The Labute approximate surface area is 243 Å². The number of hydrogen-bond acceptors (Lipinski definition) is 4. The zero-order chi connectivity index (χ0) is 30.9. The monoisotopic (exact) mass is 556 g/mol. The highest BCUT2D eigenvalue weighted by Gasteiger charge is 2.55. The lowest BCUT2D eigenvalue weighted by atomic mass is 9.50. The fourth-order valence-electron chi connectivity index (χ4n) is 7.66. The molecule has 2 amide bonds. The van der Waals surface area contributed by atoms with Crippen LogP contribution < -0.4 is 10.9 Å². The van der Waals surface area contributed by atoms with Gasteiger partial charge in [-0.3, -0.25) is 20.4 Å². The van der Waals surface area contributed by atoms with Gasteiger partial charge < -0.3 is 10.2 Å². The Morgan fingerprint density at radius 1 is 0.600 bits per heavy atom. The van der Waals surface area contributed by atoms with Crippen LogP contribution in [0.25, 0.3) is 0 Å². The Kier molecular flexibility index (Phi) is 9.61. The zero-order valence-electron chi connectivity index (χ0n) is 27.3. The molecule has 0 aromatic heterocycles. The van der Waals surface area contributed by atoms with Crippen molar-refractivity contribution in [2.75, 3.05) is 0 Å². The van der Waals surface area contributed by atoms with Gasteiger partial charge in [-0.25, -0.2) is 0 Å². The lowest BCUT2D eigenvalue weighted by Gasteiger charge is -2.54. The number of amides is 2. The molecule has 40 heavy (non-hydrogen) atoms. The number of allylic oxidation sites excluding steroid dienone is 8. The number of nitrogens with one attached hydrogen (secondary N) is 2. The van der Waals surface area contributed by atoms with Crippen LogP contribution in [-0.4, -0.2) is 22.0 Å². The van der Waals surface area contributed by atoms with E-state index < -0.39 is 10.8 Å². The molecule has 0 bridgehead atoms. The highest BCUT2D eigenvalue weighted by molar-refractivity contribution is 5.82. The van der Waals surface area contributed by atoms with Crippen LogP contribution in [0.4, 0.5) is 0 Å². The third-order valence-corrected chi connectivity index (χ3v) is 9.62. The predicted octanol–water partition coefficient (Wildman–Crippen LogP) is 8.40. The zero-order valence-corrected chi connectivity index (χ0v) is 27.3. The number of aliphatic hydroxyl groups is 2. The fourth-order valence-corrected chi connectivity index (χ4v) is 7.66. The van der Waals surface area contributed by atoms with E-state index in [0.717, 1.165) is 11.1 Å². The second-order valence-corrected chi connectivity index (χ2v) is 16.0. The van der Waals surface area contributed by atoms with E-state index in [2.05, 4.69) is 93.9 Å². The van der Waals surface area contributed by atoms with Crippen LogP contribution in [-0.2, 0) is 9.59 Å². The molecule has 0 radical (unpaired) electrons. The number of hydrogen-bond donors (Lipinski definition) is 4. The maximum absolute atomic E-state index is 12.6. The van der Waals surface area contributed by atoms with E-state index in [1.54, 1.807) is 12.2 Å². The van der Waals surface area contributed by atoms with Gasteiger partial charge in [0.15, 0.2) is 0 Å². The highest BCUT2D eigenvalue weighted by Crippen LogP contribution is 2.61. The van der Waals surface area contributed by atoms with Crippen LogP contribution in [0.15, 0.2) is 47.0 Å². The summed E-state index contributed by atoms with van der Waals surface area (Å²) in [6.45, 7) is 25.9. The van der Waals surface area contributed by atoms with Crippen molar-refractivity contribution in [1.29, 1.82) is 0 Å². The molecule has 0 saturated heterocycles. The molecule has 2 aliphatic rings. The lowest BCUT2D eigenvalue weighted by Crippen LogP contribution is -2.49. The van der Waals surface area contributed by atoms with E-state index in [9.17, 15) is 19.8 Å². The quantitative estimate of drug-likeness (QED) is 0.247. The molecule has 4 N–H and O–H groups in total. The largest absolute Gasteiger partial charge is 0.512 e. The fraction of sp³-hybridized carbons (Fsp3) is 0.706. The summed E-state index contributed by atoms with van der Waals surface area (Å²) in [5.74, 6) is 0.312. The maximum atomic E-state index is 12.6. The molecule has 6 nitrogen and oxygen atoms in total.